The highest BCUT2D eigenvalue weighted by Crippen LogP contribution is 2.45. The number of esters is 3. The number of nitrogens with zero attached hydrogens (tertiary/aromatic N) is 1. The summed E-state index contributed by atoms with van der Waals surface area (Å²) in [5.41, 5.74) is -1.60. The molecule has 0 aliphatic carbocycles. The van der Waals surface area contributed by atoms with Crippen molar-refractivity contribution >= 4 is 32.0 Å². The van der Waals surface area contributed by atoms with Crippen LogP contribution in [0, 0.1) is 17.8 Å². The van der Waals surface area contributed by atoms with E-state index < -0.39 is 129 Å². The molecule has 0 saturated carbocycles. The molecule has 2 fully saturated rings. The Morgan fingerprint density at radius 1 is 1.03 bits per heavy atom. The summed E-state index contributed by atoms with van der Waals surface area (Å²) in [4.78, 5) is 71.0. The van der Waals surface area contributed by atoms with Crippen LogP contribution in [0.2, 0.25) is 0 Å². The highest BCUT2D eigenvalue weighted by molar-refractivity contribution is 7.46. The van der Waals surface area contributed by atoms with Gasteiger partial charge in [-0.2, -0.15) is 0 Å². The van der Waals surface area contributed by atoms with Crippen LogP contribution in [0.25, 0.3) is 0 Å². The number of phosphoric ester groups is 1. The first-order valence-corrected chi connectivity index (χ1v) is 22.7. The van der Waals surface area contributed by atoms with Crippen molar-refractivity contribution in [3.63, 3.8) is 0 Å². The largest absolute Gasteiger partial charge is 0.470 e. The third-order valence-electron chi connectivity index (χ3n) is 11.2. The normalized spacial score (nSPS) is 39.1. The first-order chi connectivity index (χ1) is 28.9. The second-order valence-corrected chi connectivity index (χ2v) is 18.7. The van der Waals surface area contributed by atoms with Crippen LogP contribution in [-0.2, 0) is 61.4 Å². The SMILES string of the molecule is CO[C@@H]1[C@@H](O[C@@H]2O[C@H](C)[C@@H](O[C@H]3C[C@@](C)(O)[C@@H](OC(=O)CC(C)C)[C@H](C)O3)[C@H](N(C)C)[C@H]2OP(=O)(O)O)[C@@H](CC=[OH+])C[C@@H](C)[C@@H](O)/C=C/C=C/C[C@@H](C)OC(=O)C[C@H]1OC(C)=O. The van der Waals surface area contributed by atoms with Gasteiger partial charge in [-0.1, -0.05) is 45.1 Å². The number of carbonyl (C=O) groups is 3. The third-order valence-corrected chi connectivity index (χ3v) is 11.7. The fourth-order valence-corrected chi connectivity index (χ4v) is 8.88. The molecule has 5 N–H and O–H groups in total. The number of ether oxygens (including phenoxy) is 8. The number of allylic oxidation sites excluding steroid dienone is 2. The molecule has 3 rings (SSSR count). The van der Waals surface area contributed by atoms with Crippen molar-refractivity contribution in [3.8, 4) is 0 Å². The van der Waals surface area contributed by atoms with Crippen molar-refractivity contribution in [2.24, 2.45) is 17.8 Å². The molecule has 19 nitrogen and oxygen atoms in total. The third kappa shape index (κ3) is 16.1. The van der Waals surface area contributed by atoms with Gasteiger partial charge in [-0.15, -0.1) is 0 Å². The van der Waals surface area contributed by atoms with E-state index >= 15 is 0 Å². The van der Waals surface area contributed by atoms with Gasteiger partial charge in [0.15, 0.2) is 18.7 Å². The minimum atomic E-state index is -5.34. The Bertz CT molecular complexity index is 1570. The van der Waals surface area contributed by atoms with E-state index in [0.29, 0.717) is 6.42 Å². The molecule has 20 heteroatoms. The molecular weight excluding hydrogens is 837 g/mol. The molecule has 16 atom stereocenters. The Hall–Kier alpha value is -2.65. The predicted molar refractivity (Wildman–Crippen MR) is 223 cm³/mol. The zero-order valence-corrected chi connectivity index (χ0v) is 38.7. The topological polar surface area (TPSA) is 257 Å². The number of hydrogen-bond acceptors (Lipinski definition) is 16. The van der Waals surface area contributed by atoms with Gasteiger partial charge in [0.25, 0.3) is 6.29 Å². The molecule has 3 aliphatic heterocycles. The van der Waals surface area contributed by atoms with Crippen LogP contribution in [0.1, 0.15) is 93.9 Å². The van der Waals surface area contributed by atoms with E-state index in [9.17, 15) is 43.7 Å². The molecule has 3 heterocycles. The molecule has 0 unspecified atom stereocenters. The van der Waals surface area contributed by atoms with Crippen LogP contribution < -0.4 is 0 Å². The number of phosphoric acid groups is 1. The van der Waals surface area contributed by atoms with Crippen molar-refractivity contribution < 1.29 is 86.2 Å². The lowest BCUT2D eigenvalue weighted by Gasteiger charge is -2.51. The second-order valence-electron chi connectivity index (χ2n) is 17.5. The summed E-state index contributed by atoms with van der Waals surface area (Å²) in [6.07, 6.45) is -6.19. The number of likely N-dealkylation sites (N-methyl/N-ethyl adjacent to an activating group) is 1. The number of aldehydes is 1. The average molecular weight is 909 g/mol. The predicted octanol–water partition coefficient (Wildman–Crippen LogP) is 3.11. The van der Waals surface area contributed by atoms with Crippen LogP contribution >= 0.6 is 7.82 Å². The summed E-state index contributed by atoms with van der Waals surface area (Å²) in [5.74, 6) is -3.21. The lowest BCUT2D eigenvalue weighted by atomic mass is 9.82. The summed E-state index contributed by atoms with van der Waals surface area (Å²) < 4.78 is 66.9. The molecule has 2 saturated heterocycles. The minimum absolute atomic E-state index is 0.0260. The lowest BCUT2D eigenvalue weighted by Crippen LogP contribution is -2.66. The van der Waals surface area contributed by atoms with Gasteiger partial charge in [-0.3, -0.25) is 23.7 Å². The number of cyclic esters (lactones) is 1. The highest BCUT2D eigenvalue weighted by atomic mass is 31.2. The quantitative estimate of drug-likeness (QED) is 0.0642. The maximum absolute atomic E-state index is 13.3. The lowest BCUT2D eigenvalue weighted by molar-refractivity contribution is -0.342. The molecule has 62 heavy (non-hydrogen) atoms. The van der Waals surface area contributed by atoms with Gasteiger partial charge in [0.1, 0.15) is 36.1 Å². The maximum Gasteiger partial charge on any atom is 0.470 e. The Labute approximate surface area is 364 Å². The van der Waals surface area contributed by atoms with Gasteiger partial charge in [-0.25, -0.2) is 4.57 Å². The molecule has 3 aliphatic rings. The van der Waals surface area contributed by atoms with Gasteiger partial charge >= 0.3 is 25.7 Å². The molecule has 356 valence electrons. The van der Waals surface area contributed by atoms with E-state index in [1.807, 2.05) is 13.8 Å². The first-order valence-electron chi connectivity index (χ1n) is 21.2. The standard InChI is InChI=1S/C42H70NO18P/c1-23(2)19-32(47)58-40-27(6)55-34(22-42(40,8)49)59-36-26(5)56-41(39(35(36)43(9)10)61-62(50,51)52)60-37-29(17-18-44)20-24(3)30(46)16-14-12-13-15-25(4)54-33(48)21-31(38(37)53-11)57-28(7)45/h12-14,16,18,23-27,29-31,34-41,46,49H,15,17,19-22H2,1-11H3,(H2,50,51,52)/p+1/b13-12+,16-14+/t24-,25-,26-,27+,29+,30+,31-,34+,35+,36-,37+,38+,39-,40+,41+,42-/m1/s1. The fraction of sp³-hybridized carbons (Fsp3) is 0.810. The summed E-state index contributed by atoms with van der Waals surface area (Å²) in [6, 6.07) is -1.06. The number of carbonyl (C=O) groups excluding carboxylic acids is 4. The molecule has 0 bridgehead atoms. The summed E-state index contributed by atoms with van der Waals surface area (Å²) in [7, 11) is -0.791. The maximum atomic E-state index is 13.3. The second kappa shape index (κ2) is 24.0. The van der Waals surface area contributed by atoms with Crippen LogP contribution in [0.15, 0.2) is 24.3 Å². The van der Waals surface area contributed by atoms with E-state index in [1.165, 1.54) is 14.0 Å². The zero-order chi connectivity index (χ0) is 46.7. The van der Waals surface area contributed by atoms with E-state index in [4.69, 9.17) is 42.4 Å². The van der Waals surface area contributed by atoms with E-state index in [1.54, 1.807) is 71.0 Å². The molecule has 0 aromatic carbocycles. The average Bonchev–Trinajstić information content (AvgIpc) is 3.12. The Morgan fingerprint density at radius 3 is 2.27 bits per heavy atom. The molecule has 0 radical (unpaired) electrons. The van der Waals surface area contributed by atoms with Crippen molar-refractivity contribution in [3.05, 3.63) is 24.3 Å². The fourth-order valence-electron chi connectivity index (χ4n) is 8.34. The molecule has 0 aromatic rings. The van der Waals surface area contributed by atoms with Crippen molar-refractivity contribution in [2.45, 2.75) is 179 Å². The Balaban J connectivity index is 2.11. The summed E-state index contributed by atoms with van der Waals surface area (Å²) >= 11 is 0. The number of aliphatic hydroxyl groups is 2. The van der Waals surface area contributed by atoms with E-state index in [2.05, 4.69) is 0 Å². The van der Waals surface area contributed by atoms with E-state index in [0.717, 1.165) is 13.2 Å². The highest BCUT2D eigenvalue weighted by Gasteiger charge is 2.55. The molecular formula is C42H71NO18P+. The van der Waals surface area contributed by atoms with Gasteiger partial charge < -0.3 is 62.8 Å². The van der Waals surface area contributed by atoms with Gasteiger partial charge in [0.05, 0.1) is 43.3 Å². The minimum Gasteiger partial charge on any atom is -0.462 e. The zero-order valence-electron chi connectivity index (χ0n) is 37.8. The molecule has 0 amide bonds. The molecule has 0 spiro atoms. The molecule has 0 aromatic heterocycles. The smallest absolute Gasteiger partial charge is 0.462 e. The van der Waals surface area contributed by atoms with Crippen LogP contribution in [0.5, 0.6) is 0 Å². The van der Waals surface area contributed by atoms with Crippen molar-refractivity contribution in [2.75, 3.05) is 21.2 Å². The summed E-state index contributed by atoms with van der Waals surface area (Å²) in [6.45, 7) is 13.1. The Morgan fingerprint density at radius 2 is 1.71 bits per heavy atom. The van der Waals surface area contributed by atoms with Gasteiger partial charge in [0.2, 0.25) is 0 Å². The van der Waals surface area contributed by atoms with Gasteiger partial charge in [0, 0.05) is 39.2 Å². The first kappa shape index (κ1) is 53.7. The van der Waals surface area contributed by atoms with E-state index in [-0.39, 0.29) is 31.6 Å². The van der Waals surface area contributed by atoms with Crippen molar-refractivity contribution in [1.29, 1.82) is 0 Å². The van der Waals surface area contributed by atoms with Crippen LogP contribution in [-0.4, -0.2) is 160 Å². The summed E-state index contributed by atoms with van der Waals surface area (Å²) in [5, 5.41) is 22.7. The number of aliphatic hydroxyl groups excluding tert-OH is 1. The van der Waals surface area contributed by atoms with Crippen LogP contribution in [0.4, 0.5) is 0 Å². The van der Waals surface area contributed by atoms with Crippen LogP contribution in [0.3, 0.4) is 0 Å². The monoisotopic (exact) mass is 908 g/mol. The van der Waals surface area contributed by atoms with Gasteiger partial charge in [-0.05, 0) is 60.0 Å². The Kier molecular flexibility index (Phi) is 20.8. The number of methoxy groups -OCH3 is 1. The van der Waals surface area contributed by atoms with Crippen molar-refractivity contribution in [1.82, 2.24) is 4.90 Å². The number of hydrogen-bond donors (Lipinski definition) is 4. The number of rotatable bonds is 14.